The smallest absolute Gasteiger partial charge is 0.270 e. The number of carbonyl (C=O) groups is 1. The first-order valence-electron chi connectivity index (χ1n) is 9.50. The van der Waals surface area contributed by atoms with E-state index in [9.17, 15) is 9.18 Å². The molecule has 0 radical (unpaired) electrons. The predicted octanol–water partition coefficient (Wildman–Crippen LogP) is 4.44. The molecule has 3 aromatic rings. The number of thiazole rings is 1. The Balaban J connectivity index is 1.33. The van der Waals surface area contributed by atoms with Crippen LogP contribution in [0.5, 0.6) is 5.75 Å². The van der Waals surface area contributed by atoms with E-state index in [1.165, 1.54) is 23.5 Å². The third-order valence-corrected chi connectivity index (χ3v) is 5.54. The Bertz CT molecular complexity index is 968. The number of benzene rings is 2. The summed E-state index contributed by atoms with van der Waals surface area (Å²) in [5.41, 5.74) is 2.09. The van der Waals surface area contributed by atoms with Crippen LogP contribution in [0.1, 0.15) is 28.9 Å². The van der Waals surface area contributed by atoms with Gasteiger partial charge in [-0.15, -0.1) is 11.3 Å². The lowest BCUT2D eigenvalue weighted by Gasteiger charge is -2.09. The first kappa shape index (κ1) is 19.5. The second-order valence-corrected chi connectivity index (χ2v) is 7.68. The van der Waals surface area contributed by atoms with Gasteiger partial charge in [-0.05, 0) is 54.8 Å². The fraction of sp³-hybridized carbons (Fsp3) is 0.273. The molecule has 5 nitrogen and oxygen atoms in total. The SMILES string of the molecule is O=C(NC[C@@H]1CCCO1)c1csc(-c2ccc(OCc3cccc(F)c3)cc2)n1. The van der Waals surface area contributed by atoms with Crippen molar-refractivity contribution in [2.75, 3.05) is 13.2 Å². The van der Waals surface area contributed by atoms with Crippen LogP contribution in [0.25, 0.3) is 10.6 Å². The largest absolute Gasteiger partial charge is 0.489 e. The zero-order valence-electron chi connectivity index (χ0n) is 15.8. The fourth-order valence-electron chi connectivity index (χ4n) is 3.10. The van der Waals surface area contributed by atoms with Crippen LogP contribution in [0.15, 0.2) is 53.9 Å². The zero-order chi connectivity index (χ0) is 20.1. The van der Waals surface area contributed by atoms with Gasteiger partial charge in [0.1, 0.15) is 28.9 Å². The molecule has 1 N–H and O–H groups in total. The van der Waals surface area contributed by atoms with Gasteiger partial charge >= 0.3 is 0 Å². The molecule has 0 saturated carbocycles. The molecule has 0 aliphatic carbocycles. The minimum absolute atomic E-state index is 0.108. The Morgan fingerprint density at radius 1 is 1.28 bits per heavy atom. The minimum atomic E-state index is -0.277. The average molecular weight is 412 g/mol. The molecule has 4 rings (SSSR count). The highest BCUT2D eigenvalue weighted by molar-refractivity contribution is 7.13. The molecule has 1 fully saturated rings. The van der Waals surface area contributed by atoms with E-state index in [0.717, 1.165) is 35.6 Å². The first-order valence-corrected chi connectivity index (χ1v) is 10.4. The molecule has 0 unspecified atom stereocenters. The van der Waals surface area contributed by atoms with Gasteiger partial charge in [-0.2, -0.15) is 0 Å². The molecule has 1 atom stereocenters. The molecular formula is C22H21FN2O3S. The number of amides is 1. The molecule has 0 bridgehead atoms. The third-order valence-electron chi connectivity index (χ3n) is 4.65. The number of hydrogen-bond donors (Lipinski definition) is 1. The van der Waals surface area contributed by atoms with Crippen LogP contribution in [0.3, 0.4) is 0 Å². The molecule has 150 valence electrons. The Labute approximate surface area is 172 Å². The van der Waals surface area contributed by atoms with Crippen molar-refractivity contribution in [2.24, 2.45) is 0 Å². The second kappa shape index (κ2) is 9.15. The normalized spacial score (nSPS) is 16.0. The molecule has 1 saturated heterocycles. The monoisotopic (exact) mass is 412 g/mol. The van der Waals surface area contributed by atoms with E-state index in [1.54, 1.807) is 11.4 Å². The number of halogens is 1. The molecule has 1 aromatic heterocycles. The van der Waals surface area contributed by atoms with E-state index in [0.29, 0.717) is 24.6 Å². The van der Waals surface area contributed by atoms with Crippen molar-refractivity contribution < 1.29 is 18.7 Å². The second-order valence-electron chi connectivity index (χ2n) is 6.83. The van der Waals surface area contributed by atoms with E-state index >= 15 is 0 Å². The number of nitrogens with zero attached hydrogens (tertiary/aromatic N) is 1. The molecule has 0 spiro atoms. The predicted molar refractivity (Wildman–Crippen MR) is 110 cm³/mol. The lowest BCUT2D eigenvalue weighted by molar-refractivity contribution is 0.0854. The van der Waals surface area contributed by atoms with E-state index < -0.39 is 0 Å². The summed E-state index contributed by atoms with van der Waals surface area (Å²) in [4.78, 5) is 16.7. The van der Waals surface area contributed by atoms with Crippen molar-refractivity contribution in [3.8, 4) is 16.3 Å². The van der Waals surface area contributed by atoms with Gasteiger partial charge in [0.25, 0.3) is 5.91 Å². The Morgan fingerprint density at radius 2 is 2.14 bits per heavy atom. The van der Waals surface area contributed by atoms with E-state index in [-0.39, 0.29) is 17.8 Å². The number of nitrogens with one attached hydrogen (secondary N) is 1. The summed E-state index contributed by atoms with van der Waals surface area (Å²) < 4.78 is 24.4. The van der Waals surface area contributed by atoms with Crippen molar-refractivity contribution >= 4 is 17.2 Å². The highest BCUT2D eigenvalue weighted by Crippen LogP contribution is 2.26. The average Bonchev–Trinajstić information content (AvgIpc) is 3.43. The van der Waals surface area contributed by atoms with Crippen molar-refractivity contribution in [1.29, 1.82) is 0 Å². The van der Waals surface area contributed by atoms with E-state index in [2.05, 4.69) is 10.3 Å². The number of hydrogen-bond acceptors (Lipinski definition) is 5. The molecule has 1 aliphatic rings. The van der Waals surface area contributed by atoms with Gasteiger partial charge < -0.3 is 14.8 Å². The maximum atomic E-state index is 13.2. The molecular weight excluding hydrogens is 391 g/mol. The number of carbonyl (C=O) groups excluding carboxylic acids is 1. The van der Waals surface area contributed by atoms with Crippen molar-refractivity contribution in [3.63, 3.8) is 0 Å². The summed E-state index contributed by atoms with van der Waals surface area (Å²) in [6.45, 7) is 1.58. The van der Waals surface area contributed by atoms with Crippen LogP contribution in [0.2, 0.25) is 0 Å². The molecule has 1 amide bonds. The molecule has 2 aromatic carbocycles. The van der Waals surface area contributed by atoms with E-state index in [1.807, 2.05) is 30.3 Å². The Kier molecular flexibility index (Phi) is 6.17. The quantitative estimate of drug-likeness (QED) is 0.623. The Morgan fingerprint density at radius 3 is 2.90 bits per heavy atom. The molecule has 29 heavy (non-hydrogen) atoms. The van der Waals surface area contributed by atoms with E-state index in [4.69, 9.17) is 9.47 Å². The molecule has 7 heteroatoms. The first-order chi connectivity index (χ1) is 14.2. The van der Waals surface area contributed by atoms with Crippen molar-refractivity contribution in [3.05, 3.63) is 71.0 Å². The fourth-order valence-corrected chi connectivity index (χ4v) is 3.91. The van der Waals surface area contributed by atoms with Crippen LogP contribution in [0, 0.1) is 5.82 Å². The van der Waals surface area contributed by atoms with Gasteiger partial charge in [0.2, 0.25) is 0 Å². The lowest BCUT2D eigenvalue weighted by atomic mass is 10.2. The van der Waals surface area contributed by atoms with Crippen molar-refractivity contribution in [2.45, 2.75) is 25.6 Å². The number of rotatable bonds is 7. The number of aromatic nitrogens is 1. The van der Waals surface area contributed by atoms with Crippen LogP contribution < -0.4 is 10.1 Å². The number of ether oxygens (including phenoxy) is 2. The van der Waals surface area contributed by atoms with Gasteiger partial charge in [-0.3, -0.25) is 4.79 Å². The standard InChI is InChI=1S/C22H21FN2O3S/c23-17-4-1-3-15(11-17)13-28-18-8-6-16(7-9-18)22-25-20(14-29-22)21(26)24-12-19-5-2-10-27-19/h1,3-4,6-9,11,14,19H,2,5,10,12-13H2,(H,24,26)/t19-/m0/s1. The maximum absolute atomic E-state index is 13.2. The lowest BCUT2D eigenvalue weighted by Crippen LogP contribution is -2.31. The summed E-state index contributed by atoms with van der Waals surface area (Å²) in [6.07, 6.45) is 2.14. The summed E-state index contributed by atoms with van der Waals surface area (Å²) in [5, 5.41) is 5.41. The highest BCUT2D eigenvalue weighted by Gasteiger charge is 2.18. The third kappa shape index (κ3) is 5.19. The van der Waals surface area contributed by atoms with Gasteiger partial charge in [-0.25, -0.2) is 9.37 Å². The molecule has 1 aliphatic heterocycles. The molecule has 2 heterocycles. The summed E-state index contributed by atoms with van der Waals surface area (Å²) in [6, 6.07) is 13.8. The van der Waals surface area contributed by atoms with Crippen LogP contribution in [-0.4, -0.2) is 30.1 Å². The minimum Gasteiger partial charge on any atom is -0.489 e. The van der Waals surface area contributed by atoms with Crippen molar-refractivity contribution in [1.82, 2.24) is 10.3 Å². The van der Waals surface area contributed by atoms with Crippen LogP contribution in [0.4, 0.5) is 4.39 Å². The zero-order valence-corrected chi connectivity index (χ0v) is 16.6. The van der Waals surface area contributed by atoms with Crippen LogP contribution in [-0.2, 0) is 11.3 Å². The van der Waals surface area contributed by atoms with Crippen LogP contribution >= 0.6 is 11.3 Å². The Hall–Kier alpha value is -2.77. The topological polar surface area (TPSA) is 60.5 Å². The summed E-state index contributed by atoms with van der Waals surface area (Å²) >= 11 is 1.42. The van der Waals surface area contributed by atoms with Gasteiger partial charge in [0, 0.05) is 24.1 Å². The summed E-state index contributed by atoms with van der Waals surface area (Å²) in [7, 11) is 0. The highest BCUT2D eigenvalue weighted by atomic mass is 32.1. The van der Waals surface area contributed by atoms with Gasteiger partial charge in [0.05, 0.1) is 6.10 Å². The van der Waals surface area contributed by atoms with Gasteiger partial charge in [0.15, 0.2) is 0 Å². The maximum Gasteiger partial charge on any atom is 0.270 e. The van der Waals surface area contributed by atoms with Gasteiger partial charge in [-0.1, -0.05) is 12.1 Å². The summed E-state index contributed by atoms with van der Waals surface area (Å²) in [5.74, 6) is 0.225.